The molecule has 0 heterocycles. The van der Waals surface area contributed by atoms with E-state index in [0.717, 1.165) is 30.6 Å². The monoisotopic (exact) mass is 265 g/mol. The van der Waals surface area contributed by atoms with E-state index in [9.17, 15) is 4.79 Å². The van der Waals surface area contributed by atoms with Crippen molar-refractivity contribution in [3.8, 4) is 0 Å². The molecule has 3 atom stereocenters. The van der Waals surface area contributed by atoms with Crippen LogP contribution < -0.4 is 5.32 Å². The molecule has 2 aliphatic carbocycles. The Morgan fingerprint density at radius 2 is 1.89 bits per heavy atom. The van der Waals surface area contributed by atoms with Crippen LogP contribution in [0.1, 0.15) is 72.1 Å². The molecule has 1 amide bonds. The SMILES string of the molecule is CC(C)NC(=O)C(CCC1CCCC1)CC1CC1C. The summed E-state index contributed by atoms with van der Waals surface area (Å²) in [5, 5.41) is 3.13. The maximum atomic E-state index is 12.3. The summed E-state index contributed by atoms with van der Waals surface area (Å²) in [4.78, 5) is 12.3. The number of amides is 1. The lowest BCUT2D eigenvalue weighted by Gasteiger charge is -2.20. The molecule has 0 spiro atoms. The highest BCUT2D eigenvalue weighted by Crippen LogP contribution is 2.43. The minimum absolute atomic E-state index is 0.276. The Hall–Kier alpha value is -0.530. The van der Waals surface area contributed by atoms with E-state index in [1.807, 2.05) is 0 Å². The van der Waals surface area contributed by atoms with Crippen LogP contribution in [0.25, 0.3) is 0 Å². The molecule has 3 unspecified atom stereocenters. The second kappa shape index (κ2) is 6.76. The van der Waals surface area contributed by atoms with E-state index < -0.39 is 0 Å². The maximum absolute atomic E-state index is 12.3. The summed E-state index contributed by atoms with van der Waals surface area (Å²) in [6.45, 7) is 6.44. The summed E-state index contributed by atoms with van der Waals surface area (Å²) in [6.07, 6.45) is 10.5. The molecule has 0 bridgehead atoms. The van der Waals surface area contributed by atoms with Crippen LogP contribution in [-0.4, -0.2) is 11.9 Å². The van der Waals surface area contributed by atoms with Crippen molar-refractivity contribution in [1.29, 1.82) is 0 Å². The maximum Gasteiger partial charge on any atom is 0.223 e. The van der Waals surface area contributed by atoms with Gasteiger partial charge in [-0.15, -0.1) is 0 Å². The minimum atomic E-state index is 0.276. The van der Waals surface area contributed by atoms with Crippen molar-refractivity contribution >= 4 is 5.91 Å². The summed E-state index contributed by atoms with van der Waals surface area (Å²) >= 11 is 0. The fourth-order valence-electron chi connectivity index (χ4n) is 3.59. The number of carbonyl (C=O) groups is 1. The third kappa shape index (κ3) is 4.81. The normalized spacial score (nSPS) is 28.6. The Bertz CT molecular complexity index is 294. The number of rotatable bonds is 7. The van der Waals surface area contributed by atoms with Crippen molar-refractivity contribution in [2.75, 3.05) is 0 Å². The first-order valence-corrected chi connectivity index (χ1v) is 8.36. The van der Waals surface area contributed by atoms with E-state index >= 15 is 0 Å². The Balaban J connectivity index is 1.79. The number of carbonyl (C=O) groups excluding carboxylic acids is 1. The highest BCUT2D eigenvalue weighted by atomic mass is 16.1. The molecule has 110 valence electrons. The van der Waals surface area contributed by atoms with Crippen LogP contribution in [0.4, 0.5) is 0 Å². The molecule has 19 heavy (non-hydrogen) atoms. The van der Waals surface area contributed by atoms with Gasteiger partial charge in [0.2, 0.25) is 5.91 Å². The van der Waals surface area contributed by atoms with E-state index in [2.05, 4.69) is 26.1 Å². The molecule has 0 aromatic heterocycles. The summed E-state index contributed by atoms with van der Waals surface area (Å²) in [5.41, 5.74) is 0. The summed E-state index contributed by atoms with van der Waals surface area (Å²) in [7, 11) is 0. The van der Waals surface area contributed by atoms with Crippen LogP contribution in [0, 0.1) is 23.7 Å². The summed E-state index contributed by atoms with van der Waals surface area (Å²) in [5.74, 6) is 3.18. The van der Waals surface area contributed by atoms with Gasteiger partial charge >= 0.3 is 0 Å². The first-order valence-electron chi connectivity index (χ1n) is 8.36. The van der Waals surface area contributed by atoms with Crippen LogP contribution in [0.5, 0.6) is 0 Å². The van der Waals surface area contributed by atoms with Gasteiger partial charge in [0.15, 0.2) is 0 Å². The second-order valence-electron chi connectivity index (χ2n) is 7.30. The van der Waals surface area contributed by atoms with Crippen LogP contribution >= 0.6 is 0 Å². The third-order valence-electron chi connectivity index (χ3n) is 5.06. The van der Waals surface area contributed by atoms with Gasteiger partial charge in [-0.1, -0.05) is 32.6 Å². The molecule has 0 saturated heterocycles. The minimum Gasteiger partial charge on any atom is -0.354 e. The lowest BCUT2D eigenvalue weighted by molar-refractivity contribution is -0.126. The molecule has 2 fully saturated rings. The Labute approximate surface area is 118 Å². The third-order valence-corrected chi connectivity index (χ3v) is 5.06. The van der Waals surface area contributed by atoms with E-state index in [1.54, 1.807) is 0 Å². The summed E-state index contributed by atoms with van der Waals surface area (Å²) < 4.78 is 0. The Morgan fingerprint density at radius 3 is 2.42 bits per heavy atom. The van der Waals surface area contributed by atoms with Gasteiger partial charge in [0, 0.05) is 12.0 Å². The molecule has 2 heteroatoms. The Morgan fingerprint density at radius 1 is 1.26 bits per heavy atom. The first kappa shape index (κ1) is 14.9. The smallest absolute Gasteiger partial charge is 0.223 e. The van der Waals surface area contributed by atoms with Gasteiger partial charge in [-0.2, -0.15) is 0 Å². The highest BCUT2D eigenvalue weighted by molar-refractivity contribution is 5.78. The Kier molecular flexibility index (Phi) is 5.29. The number of hydrogen-bond acceptors (Lipinski definition) is 1. The van der Waals surface area contributed by atoms with Crippen molar-refractivity contribution in [2.24, 2.45) is 23.7 Å². The zero-order chi connectivity index (χ0) is 13.8. The highest BCUT2D eigenvalue weighted by Gasteiger charge is 2.36. The largest absolute Gasteiger partial charge is 0.354 e. The van der Waals surface area contributed by atoms with Gasteiger partial charge in [-0.25, -0.2) is 0 Å². The summed E-state index contributed by atoms with van der Waals surface area (Å²) in [6, 6.07) is 0.276. The lowest BCUT2D eigenvalue weighted by atomic mass is 9.90. The van der Waals surface area contributed by atoms with Crippen molar-refractivity contribution in [3.63, 3.8) is 0 Å². The second-order valence-corrected chi connectivity index (χ2v) is 7.30. The molecule has 2 nitrogen and oxygen atoms in total. The van der Waals surface area contributed by atoms with Gasteiger partial charge in [0.1, 0.15) is 0 Å². The number of nitrogens with one attached hydrogen (secondary N) is 1. The fourth-order valence-corrected chi connectivity index (χ4v) is 3.59. The molecule has 0 radical (unpaired) electrons. The molecule has 0 aromatic rings. The predicted octanol–water partition coefficient (Wildman–Crippen LogP) is 4.14. The van der Waals surface area contributed by atoms with Gasteiger partial charge in [0.25, 0.3) is 0 Å². The van der Waals surface area contributed by atoms with Crippen LogP contribution in [0.2, 0.25) is 0 Å². The molecule has 2 saturated carbocycles. The average Bonchev–Trinajstić information content (AvgIpc) is 2.82. The van der Waals surface area contributed by atoms with Crippen molar-refractivity contribution in [2.45, 2.75) is 78.2 Å². The van der Waals surface area contributed by atoms with Gasteiger partial charge in [0.05, 0.1) is 0 Å². The zero-order valence-corrected chi connectivity index (χ0v) is 13.0. The van der Waals surface area contributed by atoms with Gasteiger partial charge in [-0.05, 0) is 57.3 Å². The predicted molar refractivity (Wildman–Crippen MR) is 79.8 cm³/mol. The number of hydrogen-bond donors (Lipinski definition) is 1. The topological polar surface area (TPSA) is 29.1 Å². The standard InChI is InChI=1S/C17H31NO/c1-12(2)18-17(19)15(11-16-10-13(16)3)9-8-14-6-4-5-7-14/h12-16H,4-11H2,1-3H3,(H,18,19). The van der Waals surface area contributed by atoms with Crippen LogP contribution in [0.3, 0.4) is 0 Å². The molecule has 1 N–H and O–H groups in total. The average molecular weight is 265 g/mol. The quantitative estimate of drug-likeness (QED) is 0.736. The van der Waals surface area contributed by atoms with Crippen LogP contribution in [-0.2, 0) is 4.79 Å². The van der Waals surface area contributed by atoms with E-state index in [4.69, 9.17) is 0 Å². The van der Waals surface area contributed by atoms with E-state index in [-0.39, 0.29) is 12.0 Å². The molecule has 0 aromatic carbocycles. The zero-order valence-electron chi connectivity index (χ0n) is 13.0. The van der Waals surface area contributed by atoms with E-state index in [0.29, 0.717) is 5.91 Å². The molecular weight excluding hydrogens is 234 g/mol. The molecule has 0 aliphatic heterocycles. The molecule has 2 aliphatic rings. The van der Waals surface area contributed by atoms with E-state index in [1.165, 1.54) is 38.5 Å². The molecular formula is C17H31NO. The first-order chi connectivity index (χ1) is 9.06. The van der Waals surface area contributed by atoms with Gasteiger partial charge in [-0.3, -0.25) is 4.79 Å². The van der Waals surface area contributed by atoms with Crippen molar-refractivity contribution in [3.05, 3.63) is 0 Å². The molecule has 2 rings (SSSR count). The fraction of sp³-hybridized carbons (Fsp3) is 0.941. The van der Waals surface area contributed by atoms with Crippen molar-refractivity contribution in [1.82, 2.24) is 5.32 Å². The van der Waals surface area contributed by atoms with Gasteiger partial charge < -0.3 is 5.32 Å². The van der Waals surface area contributed by atoms with Crippen LogP contribution in [0.15, 0.2) is 0 Å². The van der Waals surface area contributed by atoms with Crippen molar-refractivity contribution < 1.29 is 4.79 Å². The lowest BCUT2D eigenvalue weighted by Crippen LogP contribution is -2.36.